The van der Waals surface area contributed by atoms with Crippen LogP contribution in [-0.2, 0) is 9.84 Å². The monoisotopic (exact) mass is 246 g/mol. The molecule has 1 heterocycles. The summed E-state index contributed by atoms with van der Waals surface area (Å²) in [4.78, 5) is 0.279. The Morgan fingerprint density at radius 1 is 1.18 bits per heavy atom. The van der Waals surface area contributed by atoms with Crippen LogP contribution in [0.5, 0.6) is 0 Å². The average Bonchev–Trinajstić information content (AvgIpc) is 2.78. The Morgan fingerprint density at radius 2 is 1.82 bits per heavy atom. The van der Waals surface area contributed by atoms with Crippen molar-refractivity contribution in [1.82, 2.24) is 4.57 Å². The summed E-state index contributed by atoms with van der Waals surface area (Å²) in [6, 6.07) is 10.5. The van der Waals surface area contributed by atoms with Crippen LogP contribution in [0.1, 0.15) is 5.56 Å². The molecule has 0 aliphatic rings. The number of nitriles is 1. The molecule has 5 heteroatoms. The zero-order valence-electron chi connectivity index (χ0n) is 9.16. The molecule has 0 fully saturated rings. The second-order valence-corrected chi connectivity index (χ2v) is 5.70. The lowest BCUT2D eigenvalue weighted by Crippen LogP contribution is -1.95. The zero-order chi connectivity index (χ0) is 12.5. The molecule has 0 aliphatic heterocycles. The van der Waals surface area contributed by atoms with Crippen LogP contribution in [0.15, 0.2) is 47.6 Å². The first-order valence-corrected chi connectivity index (χ1v) is 6.78. The van der Waals surface area contributed by atoms with E-state index in [0.717, 1.165) is 5.69 Å². The van der Waals surface area contributed by atoms with E-state index < -0.39 is 9.84 Å². The van der Waals surface area contributed by atoms with Gasteiger partial charge in [0.25, 0.3) is 0 Å². The smallest absolute Gasteiger partial charge is 0.177 e. The second kappa shape index (κ2) is 4.07. The van der Waals surface area contributed by atoms with E-state index in [9.17, 15) is 8.42 Å². The maximum atomic E-state index is 11.3. The quantitative estimate of drug-likeness (QED) is 0.811. The lowest BCUT2D eigenvalue weighted by molar-refractivity contribution is 0.602. The fraction of sp³-hybridized carbons (Fsp3) is 0.0833. The van der Waals surface area contributed by atoms with Gasteiger partial charge in [0.15, 0.2) is 9.84 Å². The lowest BCUT2D eigenvalue weighted by Gasteiger charge is -2.01. The number of hydrogen-bond donors (Lipinski definition) is 0. The van der Waals surface area contributed by atoms with Crippen molar-refractivity contribution in [3.63, 3.8) is 0 Å². The van der Waals surface area contributed by atoms with Crippen molar-refractivity contribution >= 4 is 9.84 Å². The molecule has 17 heavy (non-hydrogen) atoms. The van der Waals surface area contributed by atoms with Crippen molar-refractivity contribution in [2.24, 2.45) is 0 Å². The molecular weight excluding hydrogens is 236 g/mol. The minimum atomic E-state index is -3.18. The van der Waals surface area contributed by atoms with Crippen molar-refractivity contribution in [2.45, 2.75) is 4.90 Å². The standard InChI is InChI=1S/C12H10N2O2S/c1-17(15,16)12-6-7-14(9-12)11-4-2-10(8-13)3-5-11/h2-7,9H,1H3. The maximum Gasteiger partial charge on any atom is 0.177 e. The molecule has 2 rings (SSSR count). The SMILES string of the molecule is CS(=O)(=O)c1ccn(-c2ccc(C#N)cc2)c1. The first-order chi connectivity index (χ1) is 8.00. The van der Waals surface area contributed by atoms with E-state index in [1.807, 2.05) is 6.07 Å². The van der Waals surface area contributed by atoms with Gasteiger partial charge in [-0.15, -0.1) is 0 Å². The van der Waals surface area contributed by atoms with E-state index in [4.69, 9.17) is 5.26 Å². The third-order valence-electron chi connectivity index (χ3n) is 2.39. The molecule has 0 saturated heterocycles. The fourth-order valence-corrected chi connectivity index (χ4v) is 2.08. The molecule has 0 unspecified atom stereocenters. The van der Waals surface area contributed by atoms with E-state index in [0.29, 0.717) is 5.56 Å². The van der Waals surface area contributed by atoms with Crippen molar-refractivity contribution in [1.29, 1.82) is 5.26 Å². The summed E-state index contributed by atoms with van der Waals surface area (Å²) < 4.78 is 24.3. The molecule has 4 nitrogen and oxygen atoms in total. The highest BCUT2D eigenvalue weighted by Crippen LogP contribution is 2.15. The summed E-state index contributed by atoms with van der Waals surface area (Å²) in [6.45, 7) is 0. The number of nitrogens with zero attached hydrogens (tertiary/aromatic N) is 2. The number of sulfone groups is 1. The van der Waals surface area contributed by atoms with Gasteiger partial charge in [0, 0.05) is 24.3 Å². The Kier molecular flexibility index (Phi) is 2.74. The Morgan fingerprint density at radius 3 is 2.29 bits per heavy atom. The molecular formula is C12H10N2O2S. The van der Waals surface area contributed by atoms with Gasteiger partial charge in [-0.25, -0.2) is 8.42 Å². The van der Waals surface area contributed by atoms with Gasteiger partial charge in [-0.2, -0.15) is 5.26 Å². The topological polar surface area (TPSA) is 62.9 Å². The lowest BCUT2D eigenvalue weighted by atomic mass is 10.2. The van der Waals surface area contributed by atoms with Crippen molar-refractivity contribution in [3.05, 3.63) is 48.3 Å². The Bertz CT molecular complexity index is 676. The second-order valence-electron chi connectivity index (χ2n) is 3.69. The molecule has 1 aromatic carbocycles. The summed E-state index contributed by atoms with van der Waals surface area (Å²) in [7, 11) is -3.18. The van der Waals surface area contributed by atoms with Crippen molar-refractivity contribution in [2.75, 3.05) is 6.26 Å². The van der Waals surface area contributed by atoms with Gasteiger partial charge in [-0.05, 0) is 30.3 Å². The molecule has 0 atom stereocenters. The maximum absolute atomic E-state index is 11.3. The van der Waals surface area contributed by atoms with Crippen LogP contribution < -0.4 is 0 Å². The van der Waals surface area contributed by atoms with Gasteiger partial charge in [0.05, 0.1) is 16.5 Å². The Hall–Kier alpha value is -2.06. The van der Waals surface area contributed by atoms with Gasteiger partial charge in [-0.3, -0.25) is 0 Å². The summed E-state index contributed by atoms with van der Waals surface area (Å²) in [5.41, 5.74) is 1.39. The molecule has 0 amide bonds. The molecule has 2 aromatic rings. The van der Waals surface area contributed by atoms with E-state index >= 15 is 0 Å². The van der Waals surface area contributed by atoms with Crippen LogP contribution in [0.25, 0.3) is 5.69 Å². The number of hydrogen-bond acceptors (Lipinski definition) is 3. The van der Waals surface area contributed by atoms with Crippen molar-refractivity contribution in [3.8, 4) is 11.8 Å². The van der Waals surface area contributed by atoms with E-state index in [1.165, 1.54) is 6.26 Å². The van der Waals surface area contributed by atoms with E-state index in [2.05, 4.69) is 0 Å². The third-order valence-corrected chi connectivity index (χ3v) is 3.49. The fourth-order valence-electron chi connectivity index (χ4n) is 1.46. The van der Waals surface area contributed by atoms with Gasteiger partial charge < -0.3 is 4.57 Å². The minimum absolute atomic E-state index is 0.279. The first-order valence-electron chi connectivity index (χ1n) is 4.89. The predicted octanol–water partition coefficient (Wildman–Crippen LogP) is 1.75. The summed E-state index contributed by atoms with van der Waals surface area (Å²) in [5.74, 6) is 0. The predicted molar refractivity (Wildman–Crippen MR) is 63.6 cm³/mol. The third kappa shape index (κ3) is 2.37. The molecule has 0 radical (unpaired) electrons. The molecule has 86 valence electrons. The Balaban J connectivity index is 2.41. The highest BCUT2D eigenvalue weighted by Gasteiger charge is 2.09. The number of benzene rings is 1. The van der Waals surface area contributed by atoms with Crippen LogP contribution >= 0.6 is 0 Å². The molecule has 0 aliphatic carbocycles. The van der Waals surface area contributed by atoms with Crippen LogP contribution in [0.4, 0.5) is 0 Å². The van der Waals surface area contributed by atoms with E-state index in [1.54, 1.807) is 47.3 Å². The number of aromatic nitrogens is 1. The first kappa shape index (κ1) is 11.4. The van der Waals surface area contributed by atoms with Crippen LogP contribution in [0.3, 0.4) is 0 Å². The molecule has 0 spiro atoms. The Labute approximate surface area is 99.7 Å². The highest BCUT2D eigenvalue weighted by atomic mass is 32.2. The van der Waals surface area contributed by atoms with Crippen molar-refractivity contribution < 1.29 is 8.42 Å². The summed E-state index contributed by atoms with van der Waals surface area (Å²) >= 11 is 0. The number of rotatable bonds is 2. The minimum Gasteiger partial charge on any atom is -0.323 e. The summed E-state index contributed by atoms with van der Waals surface area (Å²) in [5, 5.41) is 8.67. The van der Waals surface area contributed by atoms with Crippen LogP contribution in [-0.4, -0.2) is 19.2 Å². The van der Waals surface area contributed by atoms with Gasteiger partial charge >= 0.3 is 0 Å². The normalized spacial score (nSPS) is 11.1. The molecule has 0 saturated carbocycles. The molecule has 0 N–H and O–H groups in total. The average molecular weight is 246 g/mol. The highest BCUT2D eigenvalue weighted by molar-refractivity contribution is 7.90. The van der Waals surface area contributed by atoms with Gasteiger partial charge in [0.2, 0.25) is 0 Å². The van der Waals surface area contributed by atoms with Gasteiger partial charge in [-0.1, -0.05) is 0 Å². The van der Waals surface area contributed by atoms with Crippen LogP contribution in [0.2, 0.25) is 0 Å². The summed E-state index contributed by atoms with van der Waals surface area (Å²) in [6.07, 6.45) is 4.40. The molecule has 0 bridgehead atoms. The van der Waals surface area contributed by atoms with Crippen LogP contribution in [0, 0.1) is 11.3 Å². The van der Waals surface area contributed by atoms with E-state index in [-0.39, 0.29) is 4.90 Å². The zero-order valence-corrected chi connectivity index (χ0v) is 9.98. The van der Waals surface area contributed by atoms with Gasteiger partial charge in [0.1, 0.15) is 0 Å². The largest absolute Gasteiger partial charge is 0.323 e. The molecule has 1 aromatic heterocycles.